The van der Waals surface area contributed by atoms with Gasteiger partial charge in [-0.2, -0.15) is 29.0 Å². The van der Waals surface area contributed by atoms with Crippen molar-refractivity contribution in [2.75, 3.05) is 0 Å². The van der Waals surface area contributed by atoms with Gasteiger partial charge < -0.3 is 9.13 Å². The highest BCUT2D eigenvalue weighted by Crippen LogP contribution is 2.45. The molecule has 2 aromatic heterocycles. The molecule has 0 atom stereocenters. The highest BCUT2D eigenvalue weighted by atomic mass is 19.4. The van der Waals surface area contributed by atoms with Crippen molar-refractivity contribution in [2.45, 2.75) is 6.18 Å². The smallest absolute Gasteiger partial charge is 0.307 e. The quantitative estimate of drug-likeness (QED) is 0.174. The van der Waals surface area contributed by atoms with Crippen LogP contribution in [0.4, 0.5) is 13.2 Å². The van der Waals surface area contributed by atoms with Crippen LogP contribution in [0, 0.1) is 34.0 Å². The summed E-state index contributed by atoms with van der Waals surface area (Å²) in [6, 6.07) is 57.8. The number of para-hydroxylation sites is 2. The van der Waals surface area contributed by atoms with E-state index in [0.29, 0.717) is 28.0 Å². The van der Waals surface area contributed by atoms with Crippen molar-refractivity contribution in [3.05, 3.63) is 192 Å². The molecule has 8 aromatic carbocycles. The van der Waals surface area contributed by atoms with Crippen LogP contribution in [0.5, 0.6) is 0 Å². The molecule has 0 bridgehead atoms. The molecule has 0 amide bonds. The Kier molecular flexibility index (Phi) is 8.35. The van der Waals surface area contributed by atoms with E-state index in [1.807, 2.05) is 112 Å². The Hall–Kier alpha value is -8.38. The van der Waals surface area contributed by atoms with Crippen LogP contribution in [0.15, 0.2) is 170 Å². The van der Waals surface area contributed by atoms with Gasteiger partial charge in [-0.25, -0.2) is 0 Å². The van der Waals surface area contributed by atoms with Crippen molar-refractivity contribution in [3.8, 4) is 63.0 Å². The van der Waals surface area contributed by atoms with E-state index >= 15 is 13.2 Å². The first-order valence-corrected chi connectivity index (χ1v) is 19.1. The van der Waals surface area contributed by atoms with Gasteiger partial charge in [-0.05, 0) is 118 Å². The van der Waals surface area contributed by atoms with E-state index in [2.05, 4.69) is 24.3 Å². The minimum atomic E-state index is -4.76. The topological polar surface area (TPSA) is 81.2 Å². The van der Waals surface area contributed by atoms with Gasteiger partial charge >= 0.3 is 6.18 Å². The molecule has 0 unspecified atom stereocenters. The second kappa shape index (κ2) is 13.9. The molecular weight excluding hydrogens is 752 g/mol. The maximum Gasteiger partial charge on any atom is 0.417 e. The first-order valence-electron chi connectivity index (χ1n) is 19.1. The van der Waals surface area contributed by atoms with Crippen molar-refractivity contribution in [3.63, 3.8) is 0 Å². The molecule has 60 heavy (non-hydrogen) atoms. The second-order valence-corrected chi connectivity index (χ2v) is 14.6. The fourth-order valence-corrected chi connectivity index (χ4v) is 8.46. The summed E-state index contributed by atoms with van der Waals surface area (Å²) >= 11 is 0. The zero-order chi connectivity index (χ0) is 41.1. The zero-order valence-electron chi connectivity index (χ0n) is 31.5. The molecule has 0 aliphatic rings. The average molecular weight is 780 g/mol. The van der Waals surface area contributed by atoms with Gasteiger partial charge in [0.25, 0.3) is 0 Å². The van der Waals surface area contributed by atoms with Crippen LogP contribution in [0.2, 0.25) is 0 Å². The monoisotopic (exact) mass is 779 g/mol. The van der Waals surface area contributed by atoms with Gasteiger partial charge in [0.2, 0.25) is 0 Å². The maximum absolute atomic E-state index is 15.6. The molecule has 0 aliphatic heterocycles. The largest absolute Gasteiger partial charge is 0.417 e. The van der Waals surface area contributed by atoms with Gasteiger partial charge in [-0.1, -0.05) is 84.9 Å². The van der Waals surface area contributed by atoms with Gasteiger partial charge in [0.15, 0.2) is 0 Å². The molecule has 0 N–H and O–H groups in total. The number of rotatable bonds is 5. The third-order valence-electron chi connectivity index (χ3n) is 11.2. The van der Waals surface area contributed by atoms with Crippen LogP contribution in [0.3, 0.4) is 0 Å². The summed E-state index contributed by atoms with van der Waals surface area (Å²) in [5.41, 5.74) is 8.24. The maximum atomic E-state index is 15.6. The standard InChI is InChI=1S/C52H28F3N5/c53-52(54,55)45-28-51(60-47-11-4-2-9-41(47)44-26-38(21-23-49(44)60)36-18-14-33(30-57)15-19-36)50(27-42(45)39-7-5-6-34(24-39)31-58)59-46-10-3-1-8-40(46)43-25-37(20-22-48(43)59)35-16-12-32(29-56)13-17-35/h1-28H. The highest BCUT2D eigenvalue weighted by Gasteiger charge is 2.36. The fraction of sp³-hybridized carbons (Fsp3) is 0.0192. The van der Waals surface area contributed by atoms with E-state index in [4.69, 9.17) is 0 Å². The lowest BCUT2D eigenvalue weighted by molar-refractivity contribution is -0.137. The molecule has 0 fully saturated rings. The molecule has 0 aliphatic carbocycles. The van der Waals surface area contributed by atoms with Crippen molar-refractivity contribution in [1.82, 2.24) is 9.13 Å². The first kappa shape index (κ1) is 36.0. The molecule has 282 valence electrons. The summed E-state index contributed by atoms with van der Waals surface area (Å²) in [7, 11) is 0. The van der Waals surface area contributed by atoms with Crippen LogP contribution >= 0.6 is 0 Å². The summed E-state index contributed by atoms with van der Waals surface area (Å²) < 4.78 is 50.7. The SMILES string of the molecule is N#Cc1ccc(-c2ccc3c(c2)c2ccccc2n3-c2cc(-c3cccc(C#N)c3)c(C(F)(F)F)cc2-n2c3ccccc3c3cc(-c4ccc(C#N)cc4)ccc32)cc1. The highest BCUT2D eigenvalue weighted by molar-refractivity contribution is 6.13. The van der Waals surface area contributed by atoms with Crippen molar-refractivity contribution >= 4 is 43.6 Å². The lowest BCUT2D eigenvalue weighted by atomic mass is 9.95. The number of nitrogens with zero attached hydrogens (tertiary/aromatic N) is 5. The minimum Gasteiger partial charge on any atom is -0.307 e. The minimum absolute atomic E-state index is 0.0534. The number of alkyl halides is 3. The molecule has 8 heteroatoms. The molecule has 2 heterocycles. The predicted molar refractivity (Wildman–Crippen MR) is 231 cm³/mol. The van der Waals surface area contributed by atoms with Crippen LogP contribution in [0.25, 0.3) is 88.4 Å². The predicted octanol–water partition coefficient (Wildman–Crippen LogP) is 13.5. The summed E-state index contributed by atoms with van der Waals surface area (Å²) in [6.45, 7) is 0. The zero-order valence-corrected chi connectivity index (χ0v) is 31.5. The van der Waals surface area contributed by atoms with Crippen LogP contribution in [0.1, 0.15) is 22.3 Å². The summed E-state index contributed by atoms with van der Waals surface area (Å²) in [5, 5.41) is 32.1. The number of fused-ring (bicyclic) bond motifs is 6. The molecule has 0 spiro atoms. The van der Waals surface area contributed by atoms with Crippen LogP contribution in [-0.4, -0.2) is 9.13 Å². The van der Waals surface area contributed by atoms with Gasteiger partial charge in [-0.3, -0.25) is 0 Å². The van der Waals surface area contributed by atoms with Gasteiger partial charge in [0.1, 0.15) is 0 Å². The molecule has 0 saturated carbocycles. The molecular formula is C52H28F3N5. The van der Waals surface area contributed by atoms with Crippen molar-refractivity contribution in [1.29, 1.82) is 15.8 Å². The number of aromatic nitrogens is 2. The summed E-state index contributed by atoms with van der Waals surface area (Å²) in [5.74, 6) is 0. The van der Waals surface area contributed by atoms with E-state index in [-0.39, 0.29) is 16.7 Å². The average Bonchev–Trinajstić information content (AvgIpc) is 3.80. The molecule has 0 saturated heterocycles. The lowest BCUT2D eigenvalue weighted by Gasteiger charge is -2.22. The molecule has 10 aromatic rings. The van der Waals surface area contributed by atoms with Gasteiger partial charge in [0.05, 0.1) is 73.9 Å². The number of nitriles is 3. The number of hydrogen-bond acceptors (Lipinski definition) is 3. The van der Waals surface area contributed by atoms with Gasteiger partial charge in [0, 0.05) is 21.5 Å². The fourth-order valence-electron chi connectivity index (χ4n) is 8.46. The summed E-state index contributed by atoms with van der Waals surface area (Å²) in [4.78, 5) is 0. The lowest BCUT2D eigenvalue weighted by Crippen LogP contribution is -2.12. The Bertz CT molecular complexity index is 3500. The Morgan fingerprint density at radius 2 is 0.817 bits per heavy atom. The molecule has 10 rings (SSSR count). The third-order valence-corrected chi connectivity index (χ3v) is 11.2. The number of benzene rings is 8. The van der Waals surface area contributed by atoms with Gasteiger partial charge in [-0.15, -0.1) is 0 Å². The Balaban J connectivity index is 1.32. The molecule has 5 nitrogen and oxygen atoms in total. The second-order valence-electron chi connectivity index (χ2n) is 14.6. The molecule has 0 radical (unpaired) electrons. The van der Waals surface area contributed by atoms with E-state index in [9.17, 15) is 15.8 Å². The number of halogens is 3. The van der Waals surface area contributed by atoms with E-state index < -0.39 is 11.7 Å². The number of hydrogen-bond donors (Lipinski definition) is 0. The van der Waals surface area contributed by atoms with E-state index in [0.717, 1.165) is 60.3 Å². The Morgan fingerprint density at radius 1 is 0.367 bits per heavy atom. The Labute approximate surface area is 341 Å². The van der Waals surface area contributed by atoms with Crippen molar-refractivity contribution < 1.29 is 13.2 Å². The third kappa shape index (κ3) is 5.85. The van der Waals surface area contributed by atoms with Crippen LogP contribution < -0.4 is 0 Å². The first-order chi connectivity index (χ1) is 29.2. The van der Waals surface area contributed by atoms with E-state index in [1.54, 1.807) is 48.5 Å². The van der Waals surface area contributed by atoms with Crippen LogP contribution in [-0.2, 0) is 6.18 Å². The normalized spacial score (nSPS) is 11.5. The summed E-state index contributed by atoms with van der Waals surface area (Å²) in [6.07, 6.45) is -4.76. The van der Waals surface area contributed by atoms with Crippen molar-refractivity contribution in [2.24, 2.45) is 0 Å². The van der Waals surface area contributed by atoms with E-state index in [1.165, 1.54) is 12.1 Å². The Morgan fingerprint density at radius 3 is 1.30 bits per heavy atom.